The number of nitrogens with one attached hydrogen (secondary N) is 1. The van der Waals surface area contributed by atoms with Crippen molar-refractivity contribution in [1.29, 1.82) is 0 Å². The van der Waals surface area contributed by atoms with Crippen LogP contribution in [0.1, 0.15) is 38.7 Å². The smallest absolute Gasteiger partial charge is 0.331 e. The Morgan fingerprint density at radius 2 is 2.04 bits per heavy atom. The fraction of sp³-hybridized carbons (Fsp3) is 0.500. The molecule has 0 saturated heterocycles. The van der Waals surface area contributed by atoms with Crippen LogP contribution >= 0.6 is 0 Å². The molecule has 6 heteroatoms. The Morgan fingerprint density at radius 3 is 2.88 bits per heavy atom. The van der Waals surface area contributed by atoms with E-state index in [-0.39, 0.29) is 25.3 Å². The molecular formula is C20H25NO5. The molecule has 1 aromatic rings. The van der Waals surface area contributed by atoms with E-state index in [4.69, 9.17) is 14.2 Å². The van der Waals surface area contributed by atoms with E-state index in [1.807, 2.05) is 6.07 Å². The van der Waals surface area contributed by atoms with Crippen LogP contribution in [0.2, 0.25) is 0 Å². The van der Waals surface area contributed by atoms with Crippen LogP contribution in [-0.4, -0.2) is 31.3 Å². The number of hydrogen-bond donors (Lipinski definition) is 1. The first kappa shape index (κ1) is 18.3. The van der Waals surface area contributed by atoms with E-state index in [2.05, 4.69) is 19.2 Å². The molecular weight excluding hydrogens is 334 g/mol. The number of carbonyl (C=O) groups is 2. The first-order valence-electron chi connectivity index (χ1n) is 9.07. The lowest BCUT2D eigenvalue weighted by Crippen LogP contribution is -2.45. The molecule has 2 aliphatic rings. The van der Waals surface area contributed by atoms with Gasteiger partial charge in [0.15, 0.2) is 18.1 Å². The molecule has 1 aliphatic carbocycles. The zero-order valence-electron chi connectivity index (χ0n) is 15.2. The van der Waals surface area contributed by atoms with Crippen molar-refractivity contribution in [2.75, 3.05) is 13.4 Å². The van der Waals surface area contributed by atoms with Crippen molar-refractivity contribution < 1.29 is 23.8 Å². The second-order valence-corrected chi connectivity index (χ2v) is 7.00. The summed E-state index contributed by atoms with van der Waals surface area (Å²) in [5.41, 5.74) is 0.792. The van der Waals surface area contributed by atoms with E-state index in [1.165, 1.54) is 12.5 Å². The van der Waals surface area contributed by atoms with Gasteiger partial charge in [-0.05, 0) is 42.0 Å². The van der Waals surface area contributed by atoms with Crippen molar-refractivity contribution in [1.82, 2.24) is 5.32 Å². The number of benzene rings is 1. The van der Waals surface area contributed by atoms with Gasteiger partial charge in [0, 0.05) is 12.1 Å². The van der Waals surface area contributed by atoms with Gasteiger partial charge in [0.05, 0.1) is 0 Å². The standard InChI is InChI=1S/C20H25NO5/c1-13-4-3-5-16(14(13)2)21-19(22)11-24-20(23)9-7-15-6-8-17-18(10-15)26-12-25-17/h6-10,13-14,16H,3-5,11-12H2,1-2H3,(H,21,22)/b9-7+/t13-,14-,16+/m1/s1. The molecule has 0 unspecified atom stereocenters. The summed E-state index contributed by atoms with van der Waals surface area (Å²) in [7, 11) is 0. The maximum atomic E-state index is 12.0. The van der Waals surface area contributed by atoms with Crippen LogP contribution < -0.4 is 14.8 Å². The van der Waals surface area contributed by atoms with Crippen LogP contribution in [0.3, 0.4) is 0 Å². The summed E-state index contributed by atoms with van der Waals surface area (Å²) in [6, 6.07) is 5.54. The fourth-order valence-corrected chi connectivity index (χ4v) is 3.40. The van der Waals surface area contributed by atoms with Gasteiger partial charge >= 0.3 is 5.97 Å². The van der Waals surface area contributed by atoms with Crippen LogP contribution in [0.25, 0.3) is 6.08 Å². The summed E-state index contributed by atoms with van der Waals surface area (Å²) in [5, 5.41) is 2.99. The molecule has 1 aliphatic heterocycles. The minimum atomic E-state index is -0.553. The average Bonchev–Trinajstić information content (AvgIpc) is 3.10. The van der Waals surface area contributed by atoms with Crippen LogP contribution in [0.15, 0.2) is 24.3 Å². The third-order valence-electron chi connectivity index (χ3n) is 5.21. The Morgan fingerprint density at radius 1 is 1.23 bits per heavy atom. The first-order valence-corrected chi connectivity index (χ1v) is 9.07. The Balaban J connectivity index is 1.44. The van der Waals surface area contributed by atoms with Crippen molar-refractivity contribution in [2.24, 2.45) is 11.8 Å². The maximum absolute atomic E-state index is 12.0. The van der Waals surface area contributed by atoms with Crippen molar-refractivity contribution >= 4 is 18.0 Å². The van der Waals surface area contributed by atoms with E-state index < -0.39 is 5.97 Å². The summed E-state index contributed by atoms with van der Waals surface area (Å²) in [4.78, 5) is 23.8. The van der Waals surface area contributed by atoms with E-state index >= 15 is 0 Å². The van der Waals surface area contributed by atoms with E-state index in [0.29, 0.717) is 23.3 Å². The maximum Gasteiger partial charge on any atom is 0.331 e. The quantitative estimate of drug-likeness (QED) is 0.646. The number of hydrogen-bond acceptors (Lipinski definition) is 5. The SMILES string of the molecule is C[C@@H]1[C@H](C)CCC[C@@H]1NC(=O)COC(=O)/C=C/c1ccc2c(c1)OCO2. The van der Waals surface area contributed by atoms with Crippen molar-refractivity contribution in [2.45, 2.75) is 39.2 Å². The summed E-state index contributed by atoms with van der Waals surface area (Å²) in [6.07, 6.45) is 6.22. The second-order valence-electron chi connectivity index (χ2n) is 7.00. The Hall–Kier alpha value is -2.50. The second kappa shape index (κ2) is 8.25. The number of carbonyl (C=O) groups excluding carboxylic acids is 2. The Bertz CT molecular complexity index is 699. The molecule has 6 nitrogen and oxygen atoms in total. The molecule has 1 fully saturated rings. The van der Waals surface area contributed by atoms with Crippen LogP contribution in [0.4, 0.5) is 0 Å². The first-order chi connectivity index (χ1) is 12.5. The molecule has 26 heavy (non-hydrogen) atoms. The molecule has 3 rings (SSSR count). The highest BCUT2D eigenvalue weighted by molar-refractivity contribution is 5.89. The van der Waals surface area contributed by atoms with Crippen LogP contribution in [0.5, 0.6) is 11.5 Å². The molecule has 0 aromatic heterocycles. The molecule has 0 bridgehead atoms. The van der Waals surface area contributed by atoms with Crippen LogP contribution in [0, 0.1) is 11.8 Å². The Labute approximate surface area is 153 Å². The highest BCUT2D eigenvalue weighted by atomic mass is 16.7. The zero-order valence-corrected chi connectivity index (χ0v) is 15.2. The molecule has 1 heterocycles. The molecule has 1 N–H and O–H groups in total. The molecule has 1 amide bonds. The van der Waals surface area contributed by atoms with Gasteiger partial charge in [0.1, 0.15) is 0 Å². The third kappa shape index (κ3) is 4.56. The fourth-order valence-electron chi connectivity index (χ4n) is 3.40. The van der Waals surface area contributed by atoms with Crippen molar-refractivity contribution in [3.63, 3.8) is 0 Å². The Kier molecular flexibility index (Phi) is 5.81. The zero-order chi connectivity index (χ0) is 18.5. The minimum absolute atomic E-state index is 0.161. The molecule has 0 spiro atoms. The highest BCUT2D eigenvalue weighted by Crippen LogP contribution is 2.32. The number of ether oxygens (including phenoxy) is 3. The highest BCUT2D eigenvalue weighted by Gasteiger charge is 2.28. The third-order valence-corrected chi connectivity index (χ3v) is 5.21. The lowest BCUT2D eigenvalue weighted by Gasteiger charge is -2.34. The van der Waals surface area contributed by atoms with Gasteiger partial charge in [-0.1, -0.05) is 32.8 Å². The van der Waals surface area contributed by atoms with Crippen molar-refractivity contribution in [3.05, 3.63) is 29.8 Å². The lowest BCUT2D eigenvalue weighted by atomic mass is 9.78. The van der Waals surface area contributed by atoms with Gasteiger partial charge in [-0.3, -0.25) is 4.79 Å². The van der Waals surface area contributed by atoms with E-state index in [0.717, 1.165) is 18.4 Å². The van der Waals surface area contributed by atoms with Gasteiger partial charge in [0.2, 0.25) is 6.79 Å². The lowest BCUT2D eigenvalue weighted by molar-refractivity contribution is -0.144. The number of fused-ring (bicyclic) bond motifs is 1. The molecule has 140 valence electrons. The number of amides is 1. The largest absolute Gasteiger partial charge is 0.454 e. The van der Waals surface area contributed by atoms with Crippen molar-refractivity contribution in [3.8, 4) is 11.5 Å². The summed E-state index contributed by atoms with van der Waals surface area (Å²) >= 11 is 0. The van der Waals surface area contributed by atoms with Crippen LogP contribution in [-0.2, 0) is 14.3 Å². The minimum Gasteiger partial charge on any atom is -0.454 e. The van der Waals surface area contributed by atoms with Gasteiger partial charge in [-0.25, -0.2) is 4.79 Å². The number of esters is 1. The molecule has 1 aromatic carbocycles. The molecule has 1 saturated carbocycles. The monoisotopic (exact) mass is 359 g/mol. The molecule has 0 radical (unpaired) electrons. The summed E-state index contributed by atoms with van der Waals surface area (Å²) < 4.78 is 15.6. The summed E-state index contributed by atoms with van der Waals surface area (Å²) in [5.74, 6) is 1.57. The average molecular weight is 359 g/mol. The number of rotatable bonds is 5. The van der Waals surface area contributed by atoms with Gasteiger partial charge in [-0.15, -0.1) is 0 Å². The van der Waals surface area contributed by atoms with E-state index in [9.17, 15) is 9.59 Å². The molecule has 3 atom stereocenters. The summed E-state index contributed by atoms with van der Waals surface area (Å²) in [6.45, 7) is 4.32. The predicted molar refractivity (Wildman–Crippen MR) is 96.7 cm³/mol. The van der Waals surface area contributed by atoms with Gasteiger partial charge in [0.25, 0.3) is 5.91 Å². The van der Waals surface area contributed by atoms with Gasteiger partial charge in [-0.2, -0.15) is 0 Å². The van der Waals surface area contributed by atoms with E-state index in [1.54, 1.807) is 18.2 Å². The predicted octanol–water partition coefficient (Wildman–Crippen LogP) is 2.91. The van der Waals surface area contributed by atoms with Gasteiger partial charge < -0.3 is 19.5 Å². The normalized spacial score (nSPS) is 24.5. The topological polar surface area (TPSA) is 73.9 Å².